The second-order valence-electron chi connectivity index (χ2n) is 4.49. The van der Waals surface area contributed by atoms with Gasteiger partial charge in [0.2, 0.25) is 0 Å². The van der Waals surface area contributed by atoms with E-state index in [9.17, 15) is 0 Å². The van der Waals surface area contributed by atoms with Gasteiger partial charge in [-0.3, -0.25) is 0 Å². The van der Waals surface area contributed by atoms with Crippen molar-refractivity contribution in [3.63, 3.8) is 0 Å². The van der Waals surface area contributed by atoms with E-state index in [2.05, 4.69) is 37.2 Å². The lowest BCUT2D eigenvalue weighted by molar-refractivity contribution is 0.267. The Bertz CT molecular complexity index is 352. The maximum absolute atomic E-state index is 5.26. The van der Waals surface area contributed by atoms with Crippen LogP contribution < -0.4 is 4.74 Å². The summed E-state index contributed by atoms with van der Waals surface area (Å²) >= 11 is 0. The molecule has 1 atom stereocenters. The number of hydrogen-bond donors (Lipinski definition) is 0. The van der Waals surface area contributed by atoms with Crippen molar-refractivity contribution >= 4 is 12.4 Å². The molecule has 0 amide bonds. The second kappa shape index (κ2) is 5.55. The minimum absolute atomic E-state index is 0. The summed E-state index contributed by atoms with van der Waals surface area (Å²) in [6, 6.07) is 7.14. The SMILES string of the molecule is COc1ccc2c(c1)CC(N(C)C)CC2.Cl. The van der Waals surface area contributed by atoms with E-state index in [-0.39, 0.29) is 12.4 Å². The summed E-state index contributed by atoms with van der Waals surface area (Å²) in [4.78, 5) is 2.32. The van der Waals surface area contributed by atoms with Crippen molar-refractivity contribution in [2.45, 2.75) is 25.3 Å². The van der Waals surface area contributed by atoms with Gasteiger partial charge in [-0.2, -0.15) is 0 Å². The fourth-order valence-corrected chi connectivity index (χ4v) is 2.28. The molecule has 90 valence electrons. The molecule has 0 fully saturated rings. The van der Waals surface area contributed by atoms with E-state index in [1.54, 1.807) is 7.11 Å². The van der Waals surface area contributed by atoms with E-state index >= 15 is 0 Å². The molecule has 16 heavy (non-hydrogen) atoms. The smallest absolute Gasteiger partial charge is 0.119 e. The molecule has 0 aromatic heterocycles. The third kappa shape index (κ3) is 2.69. The second-order valence-corrected chi connectivity index (χ2v) is 4.49. The van der Waals surface area contributed by atoms with E-state index in [4.69, 9.17) is 4.74 Å². The Balaban J connectivity index is 0.00000128. The van der Waals surface area contributed by atoms with Crippen molar-refractivity contribution in [3.05, 3.63) is 29.3 Å². The first kappa shape index (κ1) is 13.3. The normalized spacial score (nSPS) is 18.9. The molecule has 0 radical (unpaired) electrons. The van der Waals surface area contributed by atoms with Gasteiger partial charge in [0.05, 0.1) is 7.11 Å². The molecular weight excluding hydrogens is 222 g/mol. The summed E-state index contributed by atoms with van der Waals surface area (Å²) in [6.07, 6.45) is 3.62. The van der Waals surface area contributed by atoms with Gasteiger partial charge in [-0.05, 0) is 56.6 Å². The van der Waals surface area contributed by atoms with Crippen molar-refractivity contribution in [2.24, 2.45) is 0 Å². The first-order valence-electron chi connectivity index (χ1n) is 5.53. The van der Waals surface area contributed by atoms with Gasteiger partial charge < -0.3 is 9.64 Å². The van der Waals surface area contributed by atoms with Crippen LogP contribution >= 0.6 is 12.4 Å². The van der Waals surface area contributed by atoms with Crippen LogP contribution in [0.1, 0.15) is 17.5 Å². The predicted molar refractivity (Wildman–Crippen MR) is 69.7 cm³/mol. The first-order chi connectivity index (χ1) is 7.20. The van der Waals surface area contributed by atoms with Crippen LogP contribution in [0.2, 0.25) is 0 Å². The van der Waals surface area contributed by atoms with Gasteiger partial charge in [0.15, 0.2) is 0 Å². The lowest BCUT2D eigenvalue weighted by Gasteiger charge is -2.30. The average molecular weight is 242 g/mol. The highest BCUT2D eigenvalue weighted by atomic mass is 35.5. The summed E-state index contributed by atoms with van der Waals surface area (Å²) in [5.74, 6) is 0.980. The number of aryl methyl sites for hydroxylation is 1. The average Bonchev–Trinajstić information content (AvgIpc) is 2.27. The summed E-state index contributed by atoms with van der Waals surface area (Å²) in [5.41, 5.74) is 2.95. The molecule has 0 spiro atoms. The Morgan fingerprint density at radius 1 is 1.25 bits per heavy atom. The molecule has 0 bridgehead atoms. The highest BCUT2D eigenvalue weighted by molar-refractivity contribution is 5.85. The summed E-state index contributed by atoms with van der Waals surface area (Å²) in [7, 11) is 6.06. The molecule has 1 aliphatic rings. The van der Waals surface area contributed by atoms with Crippen LogP contribution in [-0.4, -0.2) is 32.1 Å². The van der Waals surface area contributed by atoms with Gasteiger partial charge in [-0.15, -0.1) is 12.4 Å². The van der Waals surface area contributed by atoms with Crippen LogP contribution in [0.15, 0.2) is 18.2 Å². The van der Waals surface area contributed by atoms with Crippen molar-refractivity contribution in [1.82, 2.24) is 4.90 Å². The van der Waals surface area contributed by atoms with Crippen molar-refractivity contribution < 1.29 is 4.74 Å². The van der Waals surface area contributed by atoms with E-state index < -0.39 is 0 Å². The number of ether oxygens (including phenoxy) is 1. The van der Waals surface area contributed by atoms with Crippen LogP contribution in [0.4, 0.5) is 0 Å². The van der Waals surface area contributed by atoms with Crippen LogP contribution in [-0.2, 0) is 12.8 Å². The molecule has 1 unspecified atom stereocenters. The number of rotatable bonds is 2. The maximum Gasteiger partial charge on any atom is 0.119 e. The van der Waals surface area contributed by atoms with Crippen LogP contribution in [0, 0.1) is 0 Å². The Morgan fingerprint density at radius 3 is 2.62 bits per heavy atom. The fraction of sp³-hybridized carbons (Fsp3) is 0.538. The zero-order chi connectivity index (χ0) is 10.8. The molecule has 0 saturated heterocycles. The zero-order valence-electron chi connectivity index (χ0n) is 10.2. The fourth-order valence-electron chi connectivity index (χ4n) is 2.28. The number of fused-ring (bicyclic) bond motifs is 1. The van der Waals surface area contributed by atoms with Gasteiger partial charge in [0.25, 0.3) is 0 Å². The molecule has 2 nitrogen and oxygen atoms in total. The van der Waals surface area contributed by atoms with E-state index in [1.165, 1.54) is 24.0 Å². The maximum atomic E-state index is 5.26. The first-order valence-corrected chi connectivity index (χ1v) is 5.53. The number of nitrogens with zero attached hydrogens (tertiary/aromatic N) is 1. The highest BCUT2D eigenvalue weighted by Gasteiger charge is 2.20. The molecule has 3 heteroatoms. The molecule has 1 aliphatic carbocycles. The van der Waals surface area contributed by atoms with Gasteiger partial charge in [0, 0.05) is 6.04 Å². The Labute approximate surface area is 104 Å². The van der Waals surface area contributed by atoms with Gasteiger partial charge >= 0.3 is 0 Å². The minimum Gasteiger partial charge on any atom is -0.497 e. The quantitative estimate of drug-likeness (QED) is 0.789. The lowest BCUT2D eigenvalue weighted by atomic mass is 9.87. The molecule has 0 aliphatic heterocycles. The lowest BCUT2D eigenvalue weighted by Crippen LogP contribution is -2.33. The third-order valence-corrected chi connectivity index (χ3v) is 3.35. The number of benzene rings is 1. The van der Waals surface area contributed by atoms with Crippen molar-refractivity contribution in [3.8, 4) is 5.75 Å². The van der Waals surface area contributed by atoms with Crippen molar-refractivity contribution in [1.29, 1.82) is 0 Å². The van der Waals surface area contributed by atoms with Crippen molar-refractivity contribution in [2.75, 3.05) is 21.2 Å². The summed E-state index contributed by atoms with van der Waals surface area (Å²) in [5, 5.41) is 0. The van der Waals surface area contributed by atoms with Crippen LogP contribution in [0.25, 0.3) is 0 Å². The van der Waals surface area contributed by atoms with E-state index in [0.29, 0.717) is 6.04 Å². The van der Waals surface area contributed by atoms with Gasteiger partial charge in [-0.1, -0.05) is 6.07 Å². The molecule has 0 heterocycles. The third-order valence-electron chi connectivity index (χ3n) is 3.35. The van der Waals surface area contributed by atoms with E-state index in [0.717, 1.165) is 12.2 Å². The van der Waals surface area contributed by atoms with E-state index in [1.807, 2.05) is 0 Å². The minimum atomic E-state index is 0. The Kier molecular flexibility index (Phi) is 4.63. The topological polar surface area (TPSA) is 12.5 Å². The molecule has 2 rings (SSSR count). The summed E-state index contributed by atoms with van der Waals surface area (Å²) < 4.78 is 5.26. The molecule has 1 aromatic rings. The molecule has 1 aromatic carbocycles. The summed E-state index contributed by atoms with van der Waals surface area (Å²) in [6.45, 7) is 0. The number of halogens is 1. The standard InChI is InChI=1S/C13H19NO.ClH/c1-14(2)12-6-4-10-5-7-13(15-3)9-11(10)8-12;/h5,7,9,12H,4,6,8H2,1-3H3;1H. The molecule has 0 N–H and O–H groups in total. The Morgan fingerprint density at radius 2 is 2.00 bits per heavy atom. The largest absolute Gasteiger partial charge is 0.497 e. The monoisotopic (exact) mass is 241 g/mol. The van der Waals surface area contributed by atoms with Crippen LogP contribution in [0.5, 0.6) is 5.75 Å². The van der Waals surface area contributed by atoms with Gasteiger partial charge in [0.1, 0.15) is 5.75 Å². The number of methoxy groups -OCH3 is 1. The van der Waals surface area contributed by atoms with Gasteiger partial charge in [-0.25, -0.2) is 0 Å². The highest BCUT2D eigenvalue weighted by Crippen LogP contribution is 2.26. The Hall–Kier alpha value is -0.730. The zero-order valence-corrected chi connectivity index (χ0v) is 11.0. The predicted octanol–water partition coefficient (Wildman–Crippen LogP) is 2.54. The van der Waals surface area contributed by atoms with Crippen LogP contribution in [0.3, 0.4) is 0 Å². The number of hydrogen-bond acceptors (Lipinski definition) is 2. The molecular formula is C13H20ClNO. The number of likely N-dealkylation sites (N-methyl/N-ethyl adjacent to an activating group) is 1. The molecule has 0 saturated carbocycles.